The third kappa shape index (κ3) is 3.95. The largest absolute Gasteiger partial charge is 0.454 e. The molecular formula is C39H41N2O+. The summed E-state index contributed by atoms with van der Waals surface area (Å²) in [5, 5.41) is 12.6. The highest BCUT2D eigenvalue weighted by Crippen LogP contribution is 2.57. The van der Waals surface area contributed by atoms with Crippen LogP contribution in [0.2, 0.25) is 0 Å². The van der Waals surface area contributed by atoms with E-state index in [4.69, 9.17) is 4.42 Å². The standard InChI is InChI=1S/C39H41N2O/c1-24-15-17-28-29-18-16-26(22-40)33(37(29)42-36(28)32(24)31-14-10-11-21-41(31)6)30-20-19-27(25-12-8-7-9-13-25)34-35(30)39(4,5)23-38(34,2)3/h10-11,14-21,25H,7-9,12-13,23H2,1-6H3/q+1/i25D. The summed E-state index contributed by atoms with van der Waals surface area (Å²) in [7, 11) is 2.07. The molecule has 0 atom stereocenters. The van der Waals surface area contributed by atoms with Crippen LogP contribution in [0.25, 0.3) is 44.3 Å². The lowest BCUT2D eigenvalue weighted by molar-refractivity contribution is -0.660. The van der Waals surface area contributed by atoms with Crippen molar-refractivity contribution in [2.24, 2.45) is 7.05 Å². The van der Waals surface area contributed by atoms with Crippen molar-refractivity contribution in [3.63, 3.8) is 0 Å². The van der Waals surface area contributed by atoms with E-state index in [0.29, 0.717) is 5.56 Å². The maximum absolute atomic E-state index is 10.5. The average Bonchev–Trinajstić information content (AvgIpc) is 3.44. The van der Waals surface area contributed by atoms with Crippen LogP contribution in [0.3, 0.4) is 0 Å². The number of hydrogen-bond donors (Lipinski definition) is 0. The molecule has 42 heavy (non-hydrogen) atoms. The van der Waals surface area contributed by atoms with Crippen molar-refractivity contribution in [3.05, 3.63) is 88.6 Å². The third-order valence-electron chi connectivity index (χ3n) is 10.00. The van der Waals surface area contributed by atoms with Gasteiger partial charge in [0.25, 0.3) is 0 Å². The number of aryl methyl sites for hydroxylation is 2. The normalized spacial score (nSPS) is 19.0. The summed E-state index contributed by atoms with van der Waals surface area (Å²) in [4.78, 5) is 0. The van der Waals surface area contributed by atoms with E-state index in [-0.39, 0.29) is 10.8 Å². The number of nitriles is 1. The number of hydrogen-bond acceptors (Lipinski definition) is 2. The van der Waals surface area contributed by atoms with Gasteiger partial charge in [-0.15, -0.1) is 0 Å². The Morgan fingerprint density at radius 3 is 2.26 bits per heavy atom. The van der Waals surface area contributed by atoms with Gasteiger partial charge in [-0.05, 0) is 88.9 Å². The first-order valence-electron chi connectivity index (χ1n) is 16.0. The lowest BCUT2D eigenvalue weighted by atomic mass is 9.74. The van der Waals surface area contributed by atoms with Gasteiger partial charge < -0.3 is 4.42 Å². The third-order valence-corrected chi connectivity index (χ3v) is 10.00. The summed E-state index contributed by atoms with van der Waals surface area (Å²) in [6.45, 7) is 11.5. The van der Waals surface area contributed by atoms with Crippen molar-refractivity contribution in [3.8, 4) is 28.5 Å². The molecule has 2 heterocycles. The van der Waals surface area contributed by atoms with Crippen molar-refractivity contribution in [1.82, 2.24) is 0 Å². The van der Waals surface area contributed by atoms with Gasteiger partial charge in [-0.1, -0.05) is 71.2 Å². The zero-order valence-corrected chi connectivity index (χ0v) is 25.8. The lowest BCUT2D eigenvalue weighted by Gasteiger charge is -2.30. The fourth-order valence-corrected chi connectivity index (χ4v) is 8.51. The quantitative estimate of drug-likeness (QED) is 0.208. The minimum Gasteiger partial charge on any atom is -0.454 e. The first-order valence-corrected chi connectivity index (χ1v) is 15.5. The van der Waals surface area contributed by atoms with Crippen LogP contribution in [0.4, 0.5) is 0 Å². The molecule has 3 aromatic carbocycles. The summed E-state index contributed by atoms with van der Waals surface area (Å²) < 4.78 is 18.7. The summed E-state index contributed by atoms with van der Waals surface area (Å²) in [6.07, 6.45) is 8.34. The van der Waals surface area contributed by atoms with Crippen LogP contribution in [0.1, 0.15) is 101 Å². The van der Waals surface area contributed by atoms with Gasteiger partial charge in [-0.3, -0.25) is 0 Å². The maximum Gasteiger partial charge on any atom is 0.216 e. The molecule has 3 heteroatoms. The topological polar surface area (TPSA) is 40.8 Å². The van der Waals surface area contributed by atoms with Gasteiger partial charge in [0, 0.05) is 29.8 Å². The molecule has 2 aromatic heterocycles. The molecule has 0 amide bonds. The Bertz CT molecular complexity index is 1980. The van der Waals surface area contributed by atoms with Gasteiger partial charge in [-0.25, -0.2) is 4.57 Å². The highest BCUT2D eigenvalue weighted by Gasteiger charge is 2.46. The number of furan rings is 1. The lowest BCUT2D eigenvalue weighted by Crippen LogP contribution is -2.30. The van der Waals surface area contributed by atoms with E-state index in [1.54, 1.807) is 0 Å². The predicted octanol–water partition coefficient (Wildman–Crippen LogP) is 9.93. The smallest absolute Gasteiger partial charge is 0.216 e. The van der Waals surface area contributed by atoms with E-state index in [9.17, 15) is 6.63 Å². The number of rotatable bonds is 3. The number of pyridine rings is 1. The van der Waals surface area contributed by atoms with E-state index < -0.39 is 5.89 Å². The fourth-order valence-electron chi connectivity index (χ4n) is 8.51. The van der Waals surface area contributed by atoms with Crippen molar-refractivity contribution in [2.75, 3.05) is 0 Å². The van der Waals surface area contributed by atoms with E-state index in [1.165, 1.54) is 23.1 Å². The molecule has 0 aliphatic heterocycles. The van der Waals surface area contributed by atoms with Crippen LogP contribution >= 0.6 is 0 Å². The molecule has 3 nitrogen and oxygen atoms in total. The Labute approximate surface area is 251 Å². The Kier molecular flexibility index (Phi) is 5.87. The molecule has 0 N–H and O–H groups in total. The molecule has 0 bridgehead atoms. The second-order valence-corrected chi connectivity index (χ2v) is 13.9. The minimum atomic E-state index is -0.556. The summed E-state index contributed by atoms with van der Waals surface area (Å²) in [5.41, 5.74) is 11.2. The molecule has 1 saturated carbocycles. The maximum atomic E-state index is 10.5. The van der Waals surface area contributed by atoms with Crippen molar-refractivity contribution in [2.45, 2.75) is 89.9 Å². The van der Waals surface area contributed by atoms with Crippen LogP contribution in [-0.2, 0) is 17.9 Å². The molecule has 0 saturated heterocycles. The average molecular weight is 555 g/mol. The molecular weight excluding hydrogens is 512 g/mol. The zero-order chi connectivity index (χ0) is 30.3. The van der Waals surface area contributed by atoms with Crippen molar-refractivity contribution >= 4 is 21.9 Å². The summed E-state index contributed by atoms with van der Waals surface area (Å²) >= 11 is 0. The van der Waals surface area contributed by atoms with E-state index >= 15 is 0 Å². The highest BCUT2D eigenvalue weighted by atomic mass is 16.3. The van der Waals surface area contributed by atoms with Crippen molar-refractivity contribution in [1.29, 1.82) is 5.26 Å². The van der Waals surface area contributed by atoms with Gasteiger partial charge in [0.15, 0.2) is 6.20 Å². The first kappa shape index (κ1) is 25.8. The number of aromatic nitrogens is 1. The second kappa shape index (κ2) is 9.56. The monoisotopic (exact) mass is 554 g/mol. The highest BCUT2D eigenvalue weighted by molar-refractivity contribution is 6.14. The van der Waals surface area contributed by atoms with Crippen LogP contribution in [0, 0.1) is 18.3 Å². The molecule has 212 valence electrons. The fraction of sp³-hybridized carbons (Fsp3) is 0.385. The predicted molar refractivity (Wildman–Crippen MR) is 172 cm³/mol. The molecule has 0 spiro atoms. The van der Waals surface area contributed by atoms with Crippen LogP contribution in [-0.4, -0.2) is 0 Å². The minimum absolute atomic E-state index is 0.0728. The SMILES string of the molecule is [2H]C1(c2ccc(-c3c(C#N)ccc4c3oc3c(-c5cccc[n+]5C)c(C)ccc34)c3c2C(C)(C)CC3(C)C)CCCCC1. The number of fused-ring (bicyclic) bond motifs is 4. The Morgan fingerprint density at radius 1 is 0.857 bits per heavy atom. The number of nitrogens with zero attached hydrogens (tertiary/aromatic N) is 2. The number of benzene rings is 3. The van der Waals surface area contributed by atoms with Crippen LogP contribution < -0.4 is 4.57 Å². The zero-order valence-electron chi connectivity index (χ0n) is 26.8. The molecule has 0 radical (unpaired) electrons. The van der Waals surface area contributed by atoms with Crippen LogP contribution in [0.15, 0.2) is 65.2 Å². The molecule has 2 aliphatic rings. The first-order chi connectivity index (χ1) is 20.5. The molecule has 1 fully saturated rings. The molecule has 5 aromatic rings. The van der Waals surface area contributed by atoms with Gasteiger partial charge in [0.2, 0.25) is 5.69 Å². The van der Waals surface area contributed by atoms with E-state index in [2.05, 4.69) is 101 Å². The Hall–Kier alpha value is -3.90. The Balaban J connectivity index is 1.58. The van der Waals surface area contributed by atoms with Crippen LogP contribution in [0.5, 0.6) is 0 Å². The molecule has 2 aliphatic carbocycles. The van der Waals surface area contributed by atoms with E-state index in [0.717, 1.165) is 82.0 Å². The van der Waals surface area contributed by atoms with Gasteiger partial charge in [0.1, 0.15) is 18.2 Å². The van der Waals surface area contributed by atoms with Gasteiger partial charge in [-0.2, -0.15) is 5.26 Å². The molecule has 0 unspecified atom stereocenters. The van der Waals surface area contributed by atoms with Gasteiger partial charge in [0.05, 0.1) is 17.2 Å². The van der Waals surface area contributed by atoms with Gasteiger partial charge >= 0.3 is 0 Å². The summed E-state index contributed by atoms with van der Waals surface area (Å²) in [5.74, 6) is -0.556. The Morgan fingerprint density at radius 2 is 1.55 bits per heavy atom. The molecule has 7 rings (SSSR count). The second-order valence-electron chi connectivity index (χ2n) is 13.9. The van der Waals surface area contributed by atoms with Crippen molar-refractivity contribution < 1.29 is 10.4 Å². The van der Waals surface area contributed by atoms with E-state index in [1.807, 2.05) is 12.1 Å². The summed E-state index contributed by atoms with van der Waals surface area (Å²) in [6, 6.07) is 21.6.